The van der Waals surface area contributed by atoms with E-state index < -0.39 is 5.54 Å². The van der Waals surface area contributed by atoms with Crippen LogP contribution in [0.25, 0.3) is 11.1 Å². The summed E-state index contributed by atoms with van der Waals surface area (Å²) < 4.78 is 25.4. The number of hydrogen-bond acceptors (Lipinski definition) is 8. The van der Waals surface area contributed by atoms with Gasteiger partial charge in [0, 0.05) is 43.4 Å². The number of hydrogen-bond donors (Lipinski definition) is 3. The molecule has 3 aromatic rings. The zero-order valence-corrected chi connectivity index (χ0v) is 28.1. The lowest BCUT2D eigenvalue weighted by atomic mass is 9.91. The lowest BCUT2D eigenvalue weighted by molar-refractivity contribution is -0.121. The minimum Gasteiger partial charge on any atom is -0.508 e. The van der Waals surface area contributed by atoms with Gasteiger partial charge in [-0.2, -0.15) is 12.6 Å². The quantitative estimate of drug-likeness (QED) is 0.224. The molecule has 0 saturated heterocycles. The topological polar surface area (TPSA) is 77.5 Å². The maximum absolute atomic E-state index is 13.8. The van der Waals surface area contributed by atoms with Gasteiger partial charge in [-0.3, -0.25) is 4.79 Å². The van der Waals surface area contributed by atoms with Gasteiger partial charge in [-0.1, -0.05) is 12.1 Å². The summed E-state index contributed by atoms with van der Waals surface area (Å²) >= 11 is 4.17. The second-order valence-corrected chi connectivity index (χ2v) is 12.3. The Bertz CT molecular complexity index is 1430. The van der Waals surface area contributed by atoms with E-state index in [1.54, 1.807) is 30.1 Å². The summed E-state index contributed by atoms with van der Waals surface area (Å²) in [5.74, 6) is 1.50. The van der Waals surface area contributed by atoms with Gasteiger partial charge >= 0.3 is 0 Å². The van der Waals surface area contributed by atoms with Gasteiger partial charge in [-0.05, 0) is 96.0 Å². The fourth-order valence-electron chi connectivity index (χ4n) is 5.03. The van der Waals surface area contributed by atoms with Crippen molar-refractivity contribution in [1.82, 2.24) is 9.80 Å². The maximum atomic E-state index is 13.8. The monoisotopic (exact) mass is 626 g/mol. The highest BCUT2D eigenvalue weighted by Gasteiger charge is 2.38. The number of ether oxygens (including phenoxy) is 2. The number of benzene rings is 3. The van der Waals surface area contributed by atoms with E-state index in [0.29, 0.717) is 17.2 Å². The number of thiol groups is 1. The summed E-state index contributed by atoms with van der Waals surface area (Å²) in [4.78, 5) is 19.2. The van der Waals surface area contributed by atoms with Crippen LogP contribution in [0.2, 0.25) is 0 Å². The Hall–Kier alpha value is -3.47. The standard InChI is InChI=1S/C26H27FN2O4.C8H20N2S/c1-15-6-7-16(27)12-22(15)33-14-20-18(19-9-8-17(30)13-23(19)32-5)10-11-21-24(20)29(4)25(31)26(2,3)28-21;1-9(2)6-7-10(3)5-4-8-11/h6-13,28,30H,14H2,1-5H3;11H,4-8H2,1-3H3. The molecule has 1 amide bonds. The number of nitrogens with one attached hydrogen (secondary N) is 1. The number of rotatable bonds is 11. The molecule has 0 saturated carbocycles. The molecule has 0 fully saturated rings. The van der Waals surface area contributed by atoms with Gasteiger partial charge in [0.05, 0.1) is 18.5 Å². The molecule has 0 spiro atoms. The van der Waals surface area contributed by atoms with Crippen LogP contribution in [0.4, 0.5) is 15.8 Å². The fourth-order valence-corrected chi connectivity index (χ4v) is 5.18. The smallest absolute Gasteiger partial charge is 0.251 e. The van der Waals surface area contributed by atoms with E-state index >= 15 is 0 Å². The molecule has 1 aliphatic heterocycles. The van der Waals surface area contributed by atoms with Crippen LogP contribution >= 0.6 is 12.6 Å². The Balaban J connectivity index is 0.000000411. The maximum Gasteiger partial charge on any atom is 0.251 e. The van der Waals surface area contributed by atoms with Gasteiger partial charge in [0.1, 0.15) is 35.2 Å². The third-order valence-corrected chi connectivity index (χ3v) is 7.85. The van der Waals surface area contributed by atoms with Crippen molar-refractivity contribution in [3.05, 3.63) is 65.5 Å². The first-order chi connectivity index (χ1) is 20.8. The van der Waals surface area contributed by atoms with Crippen LogP contribution in [0.5, 0.6) is 17.2 Å². The summed E-state index contributed by atoms with van der Waals surface area (Å²) in [5, 5.41) is 13.2. The third kappa shape index (κ3) is 8.80. The Morgan fingerprint density at radius 3 is 2.36 bits per heavy atom. The van der Waals surface area contributed by atoms with Gasteiger partial charge < -0.3 is 34.6 Å². The molecule has 0 atom stereocenters. The number of fused-ring (bicyclic) bond motifs is 1. The number of phenols is 1. The fraction of sp³-hybridized carbons (Fsp3) is 0.441. The normalized spacial score (nSPS) is 13.7. The predicted octanol–water partition coefficient (Wildman–Crippen LogP) is 6.06. The van der Waals surface area contributed by atoms with E-state index in [1.165, 1.54) is 31.7 Å². The van der Waals surface area contributed by atoms with Crippen LogP contribution < -0.4 is 19.7 Å². The summed E-state index contributed by atoms with van der Waals surface area (Å²) in [6.45, 7) is 9.06. The second kappa shape index (κ2) is 15.5. The number of anilines is 2. The number of carbonyl (C=O) groups is 1. The van der Waals surface area contributed by atoms with E-state index in [-0.39, 0.29) is 24.1 Å². The highest BCUT2D eigenvalue weighted by atomic mass is 32.1. The van der Waals surface area contributed by atoms with Crippen LogP contribution in [-0.4, -0.2) is 87.0 Å². The highest BCUT2D eigenvalue weighted by molar-refractivity contribution is 7.80. The molecule has 4 rings (SSSR count). The van der Waals surface area contributed by atoms with Crippen molar-refractivity contribution >= 4 is 29.9 Å². The molecular weight excluding hydrogens is 579 g/mol. The molecule has 8 nitrogen and oxygen atoms in total. The van der Waals surface area contributed by atoms with Crippen molar-refractivity contribution in [1.29, 1.82) is 0 Å². The van der Waals surface area contributed by atoms with E-state index in [2.05, 4.69) is 48.9 Å². The number of aryl methyl sites for hydroxylation is 1. The summed E-state index contributed by atoms with van der Waals surface area (Å²) in [6, 6.07) is 13.1. The van der Waals surface area contributed by atoms with Crippen molar-refractivity contribution in [2.45, 2.75) is 39.3 Å². The summed E-state index contributed by atoms with van der Waals surface area (Å²) in [5.41, 5.74) is 3.75. The van der Waals surface area contributed by atoms with Crippen LogP contribution in [0.1, 0.15) is 31.4 Å². The number of likely N-dealkylation sites (N-methyl/N-ethyl adjacent to an activating group) is 3. The van der Waals surface area contributed by atoms with Gasteiger partial charge in [-0.25, -0.2) is 4.39 Å². The molecule has 0 aliphatic carbocycles. The van der Waals surface area contributed by atoms with Crippen molar-refractivity contribution in [3.63, 3.8) is 0 Å². The van der Waals surface area contributed by atoms with Crippen LogP contribution in [0, 0.1) is 12.7 Å². The number of halogens is 1. The van der Waals surface area contributed by atoms with E-state index in [4.69, 9.17) is 9.47 Å². The first kappa shape index (κ1) is 35.0. The van der Waals surface area contributed by atoms with E-state index in [1.807, 2.05) is 32.9 Å². The average molecular weight is 627 g/mol. The predicted molar refractivity (Wildman–Crippen MR) is 181 cm³/mol. The number of aromatic hydroxyl groups is 1. The number of amides is 1. The SMILES string of the molecule is CN(C)CCN(C)CCCS.COc1cc(O)ccc1-c1ccc2c(c1COc1cc(F)ccc1C)N(C)C(=O)C(C)(C)N2. The molecule has 3 aromatic carbocycles. The lowest BCUT2D eigenvalue weighted by Gasteiger charge is -2.39. The van der Waals surface area contributed by atoms with Crippen LogP contribution in [0.3, 0.4) is 0 Å². The third-order valence-electron chi connectivity index (χ3n) is 7.53. The molecule has 0 unspecified atom stereocenters. The summed E-state index contributed by atoms with van der Waals surface area (Å²) in [6.07, 6.45) is 1.19. The Morgan fingerprint density at radius 1 is 1.00 bits per heavy atom. The van der Waals surface area contributed by atoms with Crippen LogP contribution in [0.15, 0.2) is 48.5 Å². The minimum absolute atomic E-state index is 0.0810. The Labute approximate surface area is 267 Å². The number of nitrogens with zero attached hydrogens (tertiary/aromatic N) is 3. The Kier molecular flexibility index (Phi) is 12.3. The van der Waals surface area contributed by atoms with E-state index in [0.717, 1.165) is 53.3 Å². The zero-order chi connectivity index (χ0) is 32.6. The molecule has 1 heterocycles. The number of phenolic OH excluding ortho intramolecular Hbond substituents is 1. The molecule has 1 aliphatic rings. The van der Waals surface area contributed by atoms with Gasteiger partial charge in [0.15, 0.2) is 0 Å². The highest BCUT2D eigenvalue weighted by Crippen LogP contribution is 2.45. The molecule has 2 N–H and O–H groups in total. The molecule has 0 aromatic heterocycles. The Morgan fingerprint density at radius 2 is 1.70 bits per heavy atom. The van der Waals surface area contributed by atoms with Crippen molar-refractivity contribution in [2.24, 2.45) is 0 Å². The van der Waals surface area contributed by atoms with Gasteiger partial charge in [0.2, 0.25) is 0 Å². The first-order valence-electron chi connectivity index (χ1n) is 14.7. The minimum atomic E-state index is -0.767. The number of methoxy groups -OCH3 is 1. The van der Waals surface area contributed by atoms with E-state index in [9.17, 15) is 14.3 Å². The molecular formula is C34H47FN4O4S. The molecule has 10 heteroatoms. The average Bonchev–Trinajstić information content (AvgIpc) is 2.98. The summed E-state index contributed by atoms with van der Waals surface area (Å²) in [7, 11) is 9.63. The number of carbonyl (C=O) groups excluding carboxylic acids is 1. The zero-order valence-electron chi connectivity index (χ0n) is 27.2. The largest absolute Gasteiger partial charge is 0.508 e. The first-order valence-corrected chi connectivity index (χ1v) is 15.3. The van der Waals surface area contributed by atoms with Gasteiger partial charge in [0.25, 0.3) is 5.91 Å². The van der Waals surface area contributed by atoms with Crippen molar-refractivity contribution in [2.75, 3.05) is 70.9 Å². The van der Waals surface area contributed by atoms with Crippen molar-refractivity contribution in [3.8, 4) is 28.4 Å². The molecule has 44 heavy (non-hydrogen) atoms. The second-order valence-electron chi connectivity index (χ2n) is 11.9. The molecule has 0 bridgehead atoms. The van der Waals surface area contributed by atoms with Crippen molar-refractivity contribution < 1.29 is 23.8 Å². The lowest BCUT2D eigenvalue weighted by Crippen LogP contribution is -2.52. The molecule has 240 valence electrons. The molecule has 0 radical (unpaired) electrons. The van der Waals surface area contributed by atoms with Crippen LogP contribution in [-0.2, 0) is 11.4 Å². The van der Waals surface area contributed by atoms with Gasteiger partial charge in [-0.15, -0.1) is 0 Å².